The normalized spacial score (nSPS) is 36.6. The Kier molecular flexibility index (Phi) is 6.91. The summed E-state index contributed by atoms with van der Waals surface area (Å²) in [6, 6.07) is 0. The highest BCUT2D eigenvalue weighted by Crippen LogP contribution is 2.57. The van der Waals surface area contributed by atoms with E-state index >= 15 is 0 Å². The molecule has 0 aromatic rings. The van der Waals surface area contributed by atoms with Crippen molar-refractivity contribution >= 4 is 0 Å². The molecule has 0 spiro atoms. The van der Waals surface area contributed by atoms with Gasteiger partial charge in [-0.3, -0.25) is 0 Å². The summed E-state index contributed by atoms with van der Waals surface area (Å²) in [6.45, 7) is 14.7. The lowest BCUT2D eigenvalue weighted by Gasteiger charge is -2.37. The van der Waals surface area contributed by atoms with Gasteiger partial charge in [-0.2, -0.15) is 0 Å². The van der Waals surface area contributed by atoms with Crippen LogP contribution in [0.25, 0.3) is 0 Å². The third-order valence-corrected chi connectivity index (χ3v) is 5.91. The zero-order valence-corrected chi connectivity index (χ0v) is 14.5. The fourth-order valence-corrected chi connectivity index (χ4v) is 5.21. The molecule has 1 aliphatic rings. The van der Waals surface area contributed by atoms with Gasteiger partial charge in [0.1, 0.15) is 0 Å². The number of hydrogen-bond acceptors (Lipinski definition) is 0. The number of rotatable bonds is 8. The minimum absolute atomic E-state index is 0.637. The van der Waals surface area contributed by atoms with Gasteiger partial charge in [0, 0.05) is 0 Å². The quantitative estimate of drug-likeness (QED) is 0.459. The summed E-state index contributed by atoms with van der Waals surface area (Å²) in [4.78, 5) is 0. The van der Waals surface area contributed by atoms with Crippen molar-refractivity contribution in [2.24, 2.45) is 29.1 Å². The maximum Gasteiger partial charge on any atom is -0.0292 e. The Hall–Kier alpha value is 0. The topological polar surface area (TPSA) is 0 Å². The number of unbranched alkanes of at least 4 members (excludes halogenated alkanes) is 1. The maximum atomic E-state index is 2.61. The monoisotopic (exact) mass is 266 g/mol. The van der Waals surface area contributed by atoms with Crippen LogP contribution in [0.5, 0.6) is 0 Å². The van der Waals surface area contributed by atoms with Crippen LogP contribution in [0.3, 0.4) is 0 Å². The Morgan fingerprint density at radius 1 is 1.11 bits per heavy atom. The summed E-state index contributed by atoms with van der Waals surface area (Å²) in [5.74, 6) is 3.85. The van der Waals surface area contributed by atoms with E-state index in [1.54, 1.807) is 0 Å². The maximum absolute atomic E-state index is 2.61. The van der Waals surface area contributed by atoms with Crippen molar-refractivity contribution in [1.29, 1.82) is 0 Å². The molecule has 0 nitrogen and oxygen atoms in total. The number of hydrogen-bond donors (Lipinski definition) is 0. The van der Waals surface area contributed by atoms with Gasteiger partial charge in [-0.05, 0) is 48.3 Å². The van der Waals surface area contributed by atoms with Crippen molar-refractivity contribution < 1.29 is 0 Å². The zero-order valence-electron chi connectivity index (χ0n) is 14.5. The van der Waals surface area contributed by atoms with Crippen LogP contribution in [0, 0.1) is 29.1 Å². The average molecular weight is 267 g/mol. The molecular weight excluding hydrogens is 228 g/mol. The van der Waals surface area contributed by atoms with Crippen LogP contribution in [0.1, 0.15) is 92.9 Å². The van der Waals surface area contributed by atoms with E-state index in [1.165, 1.54) is 51.4 Å². The van der Waals surface area contributed by atoms with E-state index in [4.69, 9.17) is 0 Å². The van der Waals surface area contributed by atoms with Gasteiger partial charge >= 0.3 is 0 Å². The molecule has 0 amide bonds. The van der Waals surface area contributed by atoms with Gasteiger partial charge in [0.25, 0.3) is 0 Å². The molecule has 0 aromatic heterocycles. The SMILES string of the molecule is CCCCC1(C)CC(C)C(C(C)CCC)C1CCC. The predicted octanol–water partition coefficient (Wildman–Crippen LogP) is 6.69. The smallest absolute Gasteiger partial charge is 0.0292 e. The molecule has 1 aliphatic carbocycles. The van der Waals surface area contributed by atoms with Gasteiger partial charge in [-0.25, -0.2) is 0 Å². The predicted molar refractivity (Wildman–Crippen MR) is 87.4 cm³/mol. The Bertz CT molecular complexity index is 244. The van der Waals surface area contributed by atoms with Crippen molar-refractivity contribution in [2.45, 2.75) is 92.9 Å². The molecule has 0 saturated heterocycles. The second kappa shape index (κ2) is 7.70. The van der Waals surface area contributed by atoms with Crippen LogP contribution in [0.15, 0.2) is 0 Å². The van der Waals surface area contributed by atoms with Crippen LogP contribution >= 0.6 is 0 Å². The van der Waals surface area contributed by atoms with E-state index in [9.17, 15) is 0 Å². The van der Waals surface area contributed by atoms with E-state index in [2.05, 4.69) is 41.5 Å². The summed E-state index contributed by atoms with van der Waals surface area (Å²) < 4.78 is 0. The van der Waals surface area contributed by atoms with Crippen molar-refractivity contribution in [3.05, 3.63) is 0 Å². The molecule has 0 radical (unpaired) electrons. The first-order chi connectivity index (χ1) is 9.00. The summed E-state index contributed by atoms with van der Waals surface area (Å²) in [5, 5.41) is 0. The van der Waals surface area contributed by atoms with Gasteiger partial charge in [0.05, 0.1) is 0 Å². The zero-order chi connectivity index (χ0) is 14.5. The third kappa shape index (κ3) is 3.99. The summed E-state index contributed by atoms with van der Waals surface area (Å²) in [5.41, 5.74) is 0.637. The van der Waals surface area contributed by atoms with Crippen molar-refractivity contribution in [2.75, 3.05) is 0 Å². The standard InChI is InChI=1S/C19H38/c1-7-10-13-19(6)14-16(5)18(15(4)11-8-2)17(19)12-9-3/h15-18H,7-14H2,1-6H3. The first kappa shape index (κ1) is 17.1. The lowest BCUT2D eigenvalue weighted by molar-refractivity contribution is 0.126. The van der Waals surface area contributed by atoms with E-state index in [1.807, 2.05) is 0 Å². The molecule has 0 aliphatic heterocycles. The van der Waals surface area contributed by atoms with Crippen LogP contribution in [-0.2, 0) is 0 Å². The largest absolute Gasteiger partial charge is 0.0654 e. The fourth-order valence-electron chi connectivity index (χ4n) is 5.21. The van der Waals surface area contributed by atoms with Crippen molar-refractivity contribution in [1.82, 2.24) is 0 Å². The molecule has 0 bridgehead atoms. The van der Waals surface area contributed by atoms with Crippen LogP contribution in [0.4, 0.5) is 0 Å². The van der Waals surface area contributed by atoms with Crippen molar-refractivity contribution in [3.8, 4) is 0 Å². The molecule has 1 fully saturated rings. The molecule has 5 unspecified atom stereocenters. The molecule has 1 saturated carbocycles. The second-order valence-corrected chi connectivity index (χ2v) is 7.68. The Balaban J connectivity index is 2.84. The molecule has 0 aromatic carbocycles. The van der Waals surface area contributed by atoms with E-state index in [-0.39, 0.29) is 0 Å². The highest BCUT2D eigenvalue weighted by atomic mass is 14.5. The Morgan fingerprint density at radius 2 is 1.79 bits per heavy atom. The molecule has 0 heteroatoms. The van der Waals surface area contributed by atoms with E-state index in [0.29, 0.717) is 5.41 Å². The lowest BCUT2D eigenvalue weighted by Crippen LogP contribution is -2.29. The van der Waals surface area contributed by atoms with Gasteiger partial charge in [0.2, 0.25) is 0 Å². The van der Waals surface area contributed by atoms with Gasteiger partial charge in [0.15, 0.2) is 0 Å². The van der Waals surface area contributed by atoms with Gasteiger partial charge < -0.3 is 0 Å². The minimum atomic E-state index is 0.637. The summed E-state index contributed by atoms with van der Waals surface area (Å²) >= 11 is 0. The fraction of sp³-hybridized carbons (Fsp3) is 1.00. The highest BCUT2D eigenvalue weighted by molar-refractivity contribution is 4.98. The molecule has 114 valence electrons. The van der Waals surface area contributed by atoms with Gasteiger partial charge in [-0.1, -0.05) is 73.6 Å². The lowest BCUT2D eigenvalue weighted by atomic mass is 9.68. The minimum Gasteiger partial charge on any atom is -0.0654 e. The molecule has 5 atom stereocenters. The molecule has 0 N–H and O–H groups in total. The highest BCUT2D eigenvalue weighted by Gasteiger charge is 2.48. The van der Waals surface area contributed by atoms with Crippen LogP contribution < -0.4 is 0 Å². The molecule has 1 rings (SSSR count). The summed E-state index contributed by atoms with van der Waals surface area (Å²) in [6.07, 6.45) is 11.4. The summed E-state index contributed by atoms with van der Waals surface area (Å²) in [7, 11) is 0. The van der Waals surface area contributed by atoms with E-state index < -0.39 is 0 Å². The molecular formula is C19H38. The van der Waals surface area contributed by atoms with Crippen LogP contribution in [0.2, 0.25) is 0 Å². The molecule has 0 heterocycles. The Labute approximate surface area is 122 Å². The first-order valence-corrected chi connectivity index (χ1v) is 9.00. The average Bonchev–Trinajstić information content (AvgIpc) is 2.60. The van der Waals surface area contributed by atoms with E-state index in [0.717, 1.165) is 23.7 Å². The van der Waals surface area contributed by atoms with Gasteiger partial charge in [-0.15, -0.1) is 0 Å². The third-order valence-electron chi connectivity index (χ3n) is 5.91. The van der Waals surface area contributed by atoms with Crippen molar-refractivity contribution in [3.63, 3.8) is 0 Å². The first-order valence-electron chi connectivity index (χ1n) is 9.00. The second-order valence-electron chi connectivity index (χ2n) is 7.68. The van der Waals surface area contributed by atoms with Crippen LogP contribution in [-0.4, -0.2) is 0 Å². The Morgan fingerprint density at radius 3 is 2.32 bits per heavy atom. The molecule has 19 heavy (non-hydrogen) atoms.